The minimum Gasteiger partial charge on any atom is -0.432 e. The van der Waals surface area contributed by atoms with Crippen molar-refractivity contribution in [3.8, 4) is 0 Å². The summed E-state index contributed by atoms with van der Waals surface area (Å²) in [5, 5.41) is 2.17. The van der Waals surface area contributed by atoms with Gasteiger partial charge in [0.25, 0.3) is 5.91 Å². The quantitative estimate of drug-likeness (QED) is 0.583. The fourth-order valence-electron chi connectivity index (χ4n) is 1.89. The van der Waals surface area contributed by atoms with E-state index in [1.807, 2.05) is 13.8 Å². The van der Waals surface area contributed by atoms with Crippen LogP contribution in [-0.4, -0.2) is 17.6 Å². The minimum atomic E-state index is -0.857. The van der Waals surface area contributed by atoms with Gasteiger partial charge in [-0.25, -0.2) is 4.79 Å². The summed E-state index contributed by atoms with van der Waals surface area (Å²) >= 11 is 0. The zero-order valence-corrected chi connectivity index (χ0v) is 7.14. The average Bonchev–Trinajstić information content (AvgIpc) is 2.26. The lowest BCUT2D eigenvalue weighted by molar-refractivity contribution is -0.163. The van der Waals surface area contributed by atoms with E-state index in [9.17, 15) is 9.59 Å². The van der Waals surface area contributed by atoms with E-state index in [1.165, 1.54) is 0 Å². The number of rotatable bonds is 0. The number of hydrogen-bond donors (Lipinski definition) is 1. The lowest BCUT2D eigenvalue weighted by Gasteiger charge is -2.49. The first-order valence-corrected chi connectivity index (χ1v) is 4.02. The van der Waals surface area contributed by atoms with Crippen LogP contribution in [-0.2, 0) is 9.53 Å². The molecule has 4 heteroatoms. The molecule has 2 rings (SSSR count). The Hall–Kier alpha value is -1.06. The Kier molecular flexibility index (Phi) is 1.14. The third-order valence-corrected chi connectivity index (χ3v) is 3.04. The smallest absolute Gasteiger partial charge is 0.415 e. The van der Waals surface area contributed by atoms with Gasteiger partial charge in [0, 0.05) is 5.41 Å². The third kappa shape index (κ3) is 0.629. The van der Waals surface area contributed by atoms with E-state index in [0.29, 0.717) is 6.42 Å². The van der Waals surface area contributed by atoms with Crippen LogP contribution < -0.4 is 5.32 Å². The molecule has 4 nitrogen and oxygen atoms in total. The van der Waals surface area contributed by atoms with E-state index >= 15 is 0 Å². The van der Waals surface area contributed by atoms with E-state index in [2.05, 4.69) is 5.32 Å². The van der Waals surface area contributed by atoms with Crippen molar-refractivity contribution >= 4 is 12.0 Å². The van der Waals surface area contributed by atoms with E-state index in [1.54, 1.807) is 0 Å². The summed E-state index contributed by atoms with van der Waals surface area (Å²) in [4.78, 5) is 22.1. The van der Waals surface area contributed by atoms with Crippen molar-refractivity contribution in [2.24, 2.45) is 5.41 Å². The maximum atomic E-state index is 11.3. The summed E-state index contributed by atoms with van der Waals surface area (Å²) in [7, 11) is 0. The molecule has 66 valence electrons. The maximum Gasteiger partial charge on any atom is 0.415 e. The molecule has 1 aliphatic heterocycles. The summed E-state index contributed by atoms with van der Waals surface area (Å²) in [6.07, 6.45) is 0.971. The summed E-state index contributed by atoms with van der Waals surface area (Å²) in [6, 6.07) is 0. The molecule has 1 atom stereocenters. The van der Waals surface area contributed by atoms with E-state index in [4.69, 9.17) is 4.74 Å². The highest BCUT2D eigenvalue weighted by atomic mass is 16.6. The second-order valence-corrected chi connectivity index (χ2v) is 4.05. The molecular formula is C8H11NO3. The van der Waals surface area contributed by atoms with Gasteiger partial charge in [0.15, 0.2) is 5.60 Å². The molecule has 1 unspecified atom stereocenters. The van der Waals surface area contributed by atoms with Gasteiger partial charge in [-0.1, -0.05) is 13.8 Å². The summed E-state index contributed by atoms with van der Waals surface area (Å²) in [5.74, 6) is -0.274. The number of carbonyl (C=O) groups excluding carboxylic acids is 2. The Morgan fingerprint density at radius 1 is 1.33 bits per heavy atom. The highest BCUT2D eigenvalue weighted by molar-refractivity contribution is 6.04. The van der Waals surface area contributed by atoms with E-state index in [-0.39, 0.29) is 11.3 Å². The van der Waals surface area contributed by atoms with Gasteiger partial charge in [0.05, 0.1) is 0 Å². The number of hydrogen-bond acceptors (Lipinski definition) is 3. The number of carbonyl (C=O) groups is 2. The predicted molar refractivity (Wildman–Crippen MR) is 40.4 cm³/mol. The zero-order valence-electron chi connectivity index (χ0n) is 7.14. The Labute approximate surface area is 70.3 Å². The molecule has 0 bridgehead atoms. The number of amides is 2. The molecule has 2 aliphatic rings. The van der Waals surface area contributed by atoms with Crippen molar-refractivity contribution in [1.82, 2.24) is 5.32 Å². The van der Waals surface area contributed by atoms with Crippen LogP contribution in [0.5, 0.6) is 0 Å². The highest BCUT2D eigenvalue weighted by Gasteiger charge is 2.65. The van der Waals surface area contributed by atoms with Crippen LogP contribution in [0.4, 0.5) is 4.79 Å². The molecule has 0 aromatic heterocycles. The summed E-state index contributed by atoms with van der Waals surface area (Å²) < 4.78 is 5.01. The first kappa shape index (κ1) is 7.58. The van der Waals surface area contributed by atoms with Gasteiger partial charge in [-0.2, -0.15) is 0 Å². The fraction of sp³-hybridized carbons (Fsp3) is 0.750. The molecule has 0 aromatic rings. The molecular weight excluding hydrogens is 158 g/mol. The van der Waals surface area contributed by atoms with Crippen LogP contribution in [0, 0.1) is 5.41 Å². The Morgan fingerprint density at radius 3 is 2.17 bits per heavy atom. The molecule has 1 heterocycles. The molecule has 1 spiro atoms. The van der Waals surface area contributed by atoms with Crippen molar-refractivity contribution in [3.05, 3.63) is 0 Å². The van der Waals surface area contributed by atoms with Crippen LogP contribution in [0.2, 0.25) is 0 Å². The monoisotopic (exact) mass is 169 g/mol. The van der Waals surface area contributed by atoms with Crippen LogP contribution in [0.15, 0.2) is 0 Å². The maximum absolute atomic E-state index is 11.3. The van der Waals surface area contributed by atoms with Gasteiger partial charge < -0.3 is 4.74 Å². The highest BCUT2D eigenvalue weighted by Crippen LogP contribution is 2.53. The van der Waals surface area contributed by atoms with Gasteiger partial charge in [-0.3, -0.25) is 10.1 Å². The molecule has 1 saturated carbocycles. The van der Waals surface area contributed by atoms with Crippen LogP contribution in [0.25, 0.3) is 0 Å². The van der Waals surface area contributed by atoms with Crippen molar-refractivity contribution < 1.29 is 14.3 Å². The third-order valence-electron chi connectivity index (χ3n) is 3.04. The molecule has 0 radical (unpaired) electrons. The van der Waals surface area contributed by atoms with Crippen molar-refractivity contribution in [1.29, 1.82) is 0 Å². The largest absolute Gasteiger partial charge is 0.432 e. The lowest BCUT2D eigenvalue weighted by atomic mass is 9.58. The van der Waals surface area contributed by atoms with Gasteiger partial charge in [0.2, 0.25) is 0 Å². The minimum absolute atomic E-state index is 0.205. The van der Waals surface area contributed by atoms with Gasteiger partial charge in [-0.15, -0.1) is 0 Å². The molecule has 2 amide bonds. The van der Waals surface area contributed by atoms with Gasteiger partial charge in [0.1, 0.15) is 0 Å². The molecule has 0 aromatic carbocycles. The number of imide groups is 1. The predicted octanol–water partition coefficient (Wildman–Crippen LogP) is 0.812. The Morgan fingerprint density at radius 2 is 2.00 bits per heavy atom. The van der Waals surface area contributed by atoms with Crippen LogP contribution in [0.3, 0.4) is 0 Å². The van der Waals surface area contributed by atoms with Crippen molar-refractivity contribution in [2.75, 3.05) is 0 Å². The second kappa shape index (κ2) is 1.81. The standard InChI is InChI=1S/C8H11NO3/c1-7(2)3-4-8(7)5(10)9-6(11)12-8/h3-4H2,1-2H3,(H,9,10,11). The van der Waals surface area contributed by atoms with Crippen molar-refractivity contribution in [2.45, 2.75) is 32.3 Å². The molecule has 12 heavy (non-hydrogen) atoms. The Balaban J connectivity index is 2.34. The van der Waals surface area contributed by atoms with Crippen molar-refractivity contribution in [3.63, 3.8) is 0 Å². The fourth-order valence-corrected chi connectivity index (χ4v) is 1.89. The number of ether oxygens (including phenoxy) is 1. The van der Waals surface area contributed by atoms with E-state index < -0.39 is 11.7 Å². The first-order chi connectivity index (χ1) is 5.48. The lowest BCUT2D eigenvalue weighted by Crippen LogP contribution is -2.59. The number of nitrogens with one attached hydrogen (secondary N) is 1. The zero-order chi connectivity index (χ0) is 8.98. The molecule has 1 aliphatic carbocycles. The Bertz CT molecular complexity index is 271. The first-order valence-electron chi connectivity index (χ1n) is 4.02. The molecule has 2 fully saturated rings. The van der Waals surface area contributed by atoms with Gasteiger partial charge >= 0.3 is 6.09 Å². The van der Waals surface area contributed by atoms with Crippen LogP contribution >= 0.6 is 0 Å². The average molecular weight is 169 g/mol. The van der Waals surface area contributed by atoms with Gasteiger partial charge in [-0.05, 0) is 12.8 Å². The SMILES string of the molecule is CC1(C)CCC12OC(=O)NC2=O. The molecule has 1 N–H and O–H groups in total. The summed E-state index contributed by atoms with van der Waals surface area (Å²) in [6.45, 7) is 3.88. The normalized spacial score (nSPS) is 37.5. The summed E-state index contributed by atoms with van der Waals surface area (Å²) in [5.41, 5.74) is -1.06. The second-order valence-electron chi connectivity index (χ2n) is 4.05. The molecule has 1 saturated heterocycles. The topological polar surface area (TPSA) is 55.4 Å². The number of alkyl carbamates (subject to hydrolysis) is 1. The van der Waals surface area contributed by atoms with E-state index in [0.717, 1.165) is 6.42 Å². The van der Waals surface area contributed by atoms with Crippen LogP contribution in [0.1, 0.15) is 26.7 Å².